The number of rotatable bonds is 6. The van der Waals surface area contributed by atoms with Crippen LogP contribution in [0.1, 0.15) is 18.4 Å². The van der Waals surface area contributed by atoms with Crippen molar-refractivity contribution in [3.05, 3.63) is 64.6 Å². The number of hydrogen-bond donors (Lipinski definition) is 1. The Labute approximate surface area is 193 Å². The molecule has 10 heteroatoms. The van der Waals surface area contributed by atoms with Crippen LogP contribution in [0.3, 0.4) is 0 Å². The standard InChI is InChI=1S/C21H21BrN4O3S2/c22-18-8-6-15(7-9-18)14-31(28,29)26-12-10-16(11-13-26)19(27)23-21-25-24-20(30-21)17-4-2-1-3-5-17/h1-9,16H,10-14H2,(H,23,25,27). The van der Waals surface area contributed by atoms with E-state index in [0.29, 0.717) is 31.1 Å². The fraction of sp³-hybridized carbons (Fsp3) is 0.286. The highest BCUT2D eigenvalue weighted by Gasteiger charge is 2.31. The highest BCUT2D eigenvalue weighted by molar-refractivity contribution is 9.10. The number of nitrogens with one attached hydrogen (secondary N) is 1. The Morgan fingerprint density at radius 3 is 2.42 bits per heavy atom. The fourth-order valence-corrected chi connectivity index (χ4v) is 6.04. The highest BCUT2D eigenvalue weighted by Crippen LogP contribution is 2.28. The van der Waals surface area contributed by atoms with Crippen molar-refractivity contribution in [2.24, 2.45) is 5.92 Å². The van der Waals surface area contributed by atoms with Gasteiger partial charge in [-0.05, 0) is 30.5 Å². The Bertz CT molecular complexity index is 1140. The normalized spacial score (nSPS) is 15.6. The molecular formula is C21H21BrN4O3S2. The maximum absolute atomic E-state index is 12.7. The summed E-state index contributed by atoms with van der Waals surface area (Å²) in [5.74, 6) is -0.423. The largest absolute Gasteiger partial charge is 0.300 e. The molecule has 0 saturated carbocycles. The molecule has 1 aliphatic heterocycles. The van der Waals surface area contributed by atoms with Gasteiger partial charge in [-0.2, -0.15) is 0 Å². The lowest BCUT2D eigenvalue weighted by molar-refractivity contribution is -0.120. The number of benzene rings is 2. The summed E-state index contributed by atoms with van der Waals surface area (Å²) >= 11 is 4.67. The third-order valence-corrected chi connectivity index (χ3v) is 8.42. The number of carbonyl (C=O) groups is 1. The molecule has 0 aliphatic carbocycles. The van der Waals surface area contributed by atoms with E-state index in [0.717, 1.165) is 20.6 Å². The van der Waals surface area contributed by atoms with Gasteiger partial charge in [0.15, 0.2) is 0 Å². The molecule has 1 saturated heterocycles. The quantitative estimate of drug-likeness (QED) is 0.526. The Morgan fingerprint density at radius 1 is 1.06 bits per heavy atom. The third-order valence-electron chi connectivity index (χ3n) is 5.16. The molecule has 0 spiro atoms. The molecule has 7 nitrogen and oxygen atoms in total. The maximum Gasteiger partial charge on any atom is 0.229 e. The van der Waals surface area contributed by atoms with Crippen LogP contribution in [-0.4, -0.2) is 41.9 Å². The van der Waals surface area contributed by atoms with Crippen molar-refractivity contribution >= 4 is 48.3 Å². The van der Waals surface area contributed by atoms with Gasteiger partial charge in [0.1, 0.15) is 5.01 Å². The van der Waals surface area contributed by atoms with Gasteiger partial charge in [0.2, 0.25) is 21.1 Å². The summed E-state index contributed by atoms with van der Waals surface area (Å²) in [6, 6.07) is 16.9. The smallest absolute Gasteiger partial charge is 0.229 e. The van der Waals surface area contributed by atoms with Gasteiger partial charge in [-0.15, -0.1) is 10.2 Å². The first-order chi connectivity index (χ1) is 14.9. The van der Waals surface area contributed by atoms with E-state index >= 15 is 0 Å². The van der Waals surface area contributed by atoms with Crippen LogP contribution in [0.4, 0.5) is 5.13 Å². The van der Waals surface area contributed by atoms with Crippen LogP contribution in [0.15, 0.2) is 59.1 Å². The van der Waals surface area contributed by atoms with Crippen molar-refractivity contribution in [2.45, 2.75) is 18.6 Å². The fourth-order valence-electron chi connectivity index (χ4n) is 3.46. The van der Waals surface area contributed by atoms with Gasteiger partial charge < -0.3 is 5.32 Å². The lowest BCUT2D eigenvalue weighted by Crippen LogP contribution is -2.41. The first kappa shape index (κ1) is 22.1. The summed E-state index contributed by atoms with van der Waals surface area (Å²) in [6.45, 7) is 0.671. The van der Waals surface area contributed by atoms with Crippen molar-refractivity contribution in [3.8, 4) is 10.6 Å². The third kappa shape index (κ3) is 5.57. The number of nitrogens with zero attached hydrogens (tertiary/aromatic N) is 3. The average molecular weight is 521 g/mol. The van der Waals surface area contributed by atoms with E-state index in [4.69, 9.17) is 0 Å². The molecule has 31 heavy (non-hydrogen) atoms. The van der Waals surface area contributed by atoms with Crippen molar-refractivity contribution in [3.63, 3.8) is 0 Å². The Morgan fingerprint density at radius 2 is 1.74 bits per heavy atom. The summed E-state index contributed by atoms with van der Waals surface area (Å²) < 4.78 is 27.9. The van der Waals surface area contributed by atoms with Gasteiger partial charge in [0.25, 0.3) is 0 Å². The van der Waals surface area contributed by atoms with Crippen LogP contribution >= 0.6 is 27.3 Å². The van der Waals surface area contributed by atoms with Crippen LogP contribution in [0.2, 0.25) is 0 Å². The van der Waals surface area contributed by atoms with Crippen molar-refractivity contribution in [1.29, 1.82) is 0 Å². The Hall–Kier alpha value is -2.14. The second kappa shape index (κ2) is 9.56. The van der Waals surface area contributed by atoms with Crippen molar-refractivity contribution in [1.82, 2.24) is 14.5 Å². The van der Waals surface area contributed by atoms with E-state index in [1.54, 1.807) is 12.1 Å². The molecule has 1 N–H and O–H groups in total. The van der Waals surface area contributed by atoms with Gasteiger partial charge in [-0.25, -0.2) is 12.7 Å². The summed E-state index contributed by atoms with van der Waals surface area (Å²) in [6.07, 6.45) is 0.964. The minimum Gasteiger partial charge on any atom is -0.300 e. The van der Waals surface area contributed by atoms with Crippen LogP contribution in [0.25, 0.3) is 10.6 Å². The molecule has 3 aromatic rings. The molecule has 1 aliphatic rings. The van der Waals surface area contributed by atoms with Crippen LogP contribution in [0, 0.1) is 5.92 Å². The zero-order valence-corrected chi connectivity index (χ0v) is 19.8. The number of aromatic nitrogens is 2. The van der Waals surface area contributed by atoms with Gasteiger partial charge in [-0.3, -0.25) is 4.79 Å². The summed E-state index contributed by atoms with van der Waals surface area (Å²) in [5, 5.41) is 12.2. The first-order valence-electron chi connectivity index (χ1n) is 9.83. The molecule has 162 valence electrons. The van der Waals surface area contributed by atoms with Crippen LogP contribution < -0.4 is 5.32 Å². The van der Waals surface area contributed by atoms with Crippen molar-refractivity contribution < 1.29 is 13.2 Å². The van der Waals surface area contributed by atoms with Gasteiger partial charge in [-0.1, -0.05) is 69.7 Å². The number of halogens is 1. The lowest BCUT2D eigenvalue weighted by Gasteiger charge is -2.30. The molecule has 2 aromatic carbocycles. The SMILES string of the molecule is O=C(Nc1nnc(-c2ccccc2)s1)C1CCN(S(=O)(=O)Cc2ccc(Br)cc2)CC1. The summed E-state index contributed by atoms with van der Waals surface area (Å²) in [5.41, 5.74) is 1.69. The van der Waals surface area contributed by atoms with Gasteiger partial charge >= 0.3 is 0 Å². The number of carbonyl (C=O) groups excluding carboxylic acids is 1. The molecule has 4 rings (SSSR count). The minimum absolute atomic E-state index is 0.0375. The first-order valence-corrected chi connectivity index (χ1v) is 13.0. The maximum atomic E-state index is 12.7. The molecule has 0 unspecified atom stereocenters. The topological polar surface area (TPSA) is 92.3 Å². The van der Waals surface area contributed by atoms with E-state index in [1.165, 1.54) is 15.6 Å². The molecule has 2 heterocycles. The predicted octanol–water partition coefficient (Wildman–Crippen LogP) is 4.15. The summed E-state index contributed by atoms with van der Waals surface area (Å²) in [7, 11) is -3.42. The van der Waals surface area contributed by atoms with E-state index in [2.05, 4.69) is 31.4 Å². The van der Waals surface area contributed by atoms with Crippen LogP contribution in [-0.2, 0) is 20.6 Å². The van der Waals surface area contributed by atoms with Gasteiger partial charge in [0.05, 0.1) is 5.75 Å². The molecule has 1 aromatic heterocycles. The number of sulfonamides is 1. The monoisotopic (exact) mass is 520 g/mol. The number of piperidine rings is 1. The number of hydrogen-bond acceptors (Lipinski definition) is 6. The van der Waals surface area contributed by atoms with Crippen molar-refractivity contribution in [2.75, 3.05) is 18.4 Å². The van der Waals surface area contributed by atoms with Gasteiger partial charge in [0, 0.05) is 29.0 Å². The average Bonchev–Trinajstić information content (AvgIpc) is 3.24. The van der Waals surface area contributed by atoms with E-state index < -0.39 is 10.0 Å². The van der Waals surface area contributed by atoms with E-state index in [-0.39, 0.29) is 17.6 Å². The number of anilines is 1. The zero-order chi connectivity index (χ0) is 21.8. The predicted molar refractivity (Wildman–Crippen MR) is 125 cm³/mol. The molecule has 0 bridgehead atoms. The lowest BCUT2D eigenvalue weighted by atomic mass is 9.97. The minimum atomic E-state index is -3.42. The van der Waals surface area contributed by atoms with E-state index in [9.17, 15) is 13.2 Å². The summed E-state index contributed by atoms with van der Waals surface area (Å²) in [4.78, 5) is 12.6. The molecular weight excluding hydrogens is 500 g/mol. The number of amides is 1. The second-order valence-electron chi connectivity index (χ2n) is 7.32. The second-order valence-corrected chi connectivity index (χ2v) is 11.2. The van der Waals surface area contributed by atoms with Crippen LogP contribution in [0.5, 0.6) is 0 Å². The molecule has 0 atom stereocenters. The highest BCUT2D eigenvalue weighted by atomic mass is 79.9. The Balaban J connectivity index is 1.31. The zero-order valence-electron chi connectivity index (χ0n) is 16.6. The van der Waals surface area contributed by atoms with E-state index in [1.807, 2.05) is 42.5 Å². The molecule has 1 fully saturated rings. The molecule has 0 radical (unpaired) electrons. The Kier molecular flexibility index (Phi) is 6.80. The molecule has 1 amide bonds.